The van der Waals surface area contributed by atoms with Crippen LogP contribution in [0.4, 0.5) is 0 Å². The highest BCUT2D eigenvalue weighted by Gasteiger charge is 2.25. The number of aromatic hydroxyl groups is 1. The second-order valence-corrected chi connectivity index (χ2v) is 19.6. The molecule has 4 heteroatoms. The van der Waals surface area contributed by atoms with Crippen LogP contribution in [0.5, 0.6) is 5.75 Å². The zero-order valence-electron chi connectivity index (χ0n) is 43.6. The molecule has 0 fully saturated rings. The number of aromatic nitrogens is 3. The van der Waals surface area contributed by atoms with Crippen LogP contribution in [0.15, 0.2) is 219 Å². The highest BCUT2D eigenvalue weighted by atomic mass is 16.3. The maximum absolute atomic E-state index is 12.1. The van der Waals surface area contributed by atoms with Gasteiger partial charge in [0, 0.05) is 27.0 Å². The zero-order valence-corrected chi connectivity index (χ0v) is 40.6. The Morgan fingerprint density at radius 3 is 1.69 bits per heavy atom. The fraction of sp³-hybridized carbons (Fsp3) is 0.104. The topological polar surface area (TPSA) is 50.9 Å². The number of phenols is 1. The molecule has 0 unspecified atom stereocenters. The molecule has 0 saturated heterocycles. The van der Waals surface area contributed by atoms with Crippen molar-refractivity contribution < 1.29 is 9.22 Å². The Labute approximate surface area is 421 Å². The van der Waals surface area contributed by atoms with E-state index in [2.05, 4.69) is 159 Å². The fourth-order valence-electron chi connectivity index (χ4n) is 9.88. The standard InChI is InChI=1S/C67H55N3O/c1-43-35-45(3)65(71)60(36-43)66-69-64-57(23-16-24-62(64)70(66)63-37-44(2)58(50-21-14-9-15-22-50)42-59(63)51-29-31-56(32-30-51)67(4,5)6)54-38-53(47-19-12-8-13-20-47)39-55(40-54)61-41-52(33-34-68-61)49-27-25-48(26-28-49)46-17-10-7-11-18-46/h7-42,71H,1-6H3/i2D3. The second kappa shape index (κ2) is 18.4. The summed E-state index contributed by atoms with van der Waals surface area (Å²) in [5.74, 6) is 0.594. The molecule has 9 aromatic carbocycles. The van der Waals surface area contributed by atoms with Crippen molar-refractivity contribution in [1.82, 2.24) is 14.5 Å². The molecule has 0 saturated carbocycles. The molecule has 2 aromatic heterocycles. The Bertz CT molecular complexity index is 3860. The number of nitrogens with zero attached hydrogens (tertiary/aromatic N) is 3. The van der Waals surface area contributed by atoms with Crippen LogP contribution < -0.4 is 0 Å². The maximum atomic E-state index is 12.1. The van der Waals surface area contributed by atoms with E-state index in [-0.39, 0.29) is 16.7 Å². The zero-order chi connectivity index (χ0) is 51.3. The van der Waals surface area contributed by atoms with Crippen LogP contribution in [-0.4, -0.2) is 19.6 Å². The fourth-order valence-corrected chi connectivity index (χ4v) is 9.88. The summed E-state index contributed by atoms with van der Waals surface area (Å²) in [5, 5.41) is 12.1. The van der Waals surface area contributed by atoms with Gasteiger partial charge in [-0.1, -0.05) is 178 Å². The summed E-state index contributed by atoms with van der Waals surface area (Å²) in [5.41, 5.74) is 18.8. The summed E-state index contributed by atoms with van der Waals surface area (Å²) in [6.07, 6.45) is 1.88. The average Bonchev–Trinajstić information content (AvgIpc) is 3.84. The van der Waals surface area contributed by atoms with Gasteiger partial charge in [-0.05, 0) is 159 Å². The van der Waals surface area contributed by atoms with E-state index in [4.69, 9.17) is 14.1 Å². The summed E-state index contributed by atoms with van der Waals surface area (Å²) in [4.78, 5) is 10.5. The van der Waals surface area contributed by atoms with E-state index in [0.29, 0.717) is 33.7 Å². The van der Waals surface area contributed by atoms with E-state index in [1.54, 1.807) is 0 Å². The molecule has 71 heavy (non-hydrogen) atoms. The molecule has 0 aliphatic carbocycles. The summed E-state index contributed by atoms with van der Waals surface area (Å²) in [6, 6.07) is 72.4. The number of pyridine rings is 1. The van der Waals surface area contributed by atoms with E-state index in [1.807, 2.05) is 98.9 Å². The second-order valence-electron chi connectivity index (χ2n) is 19.6. The third-order valence-corrected chi connectivity index (χ3v) is 13.6. The first-order valence-electron chi connectivity index (χ1n) is 25.7. The number of hydrogen-bond acceptors (Lipinski definition) is 3. The Kier molecular flexibility index (Phi) is 10.7. The van der Waals surface area contributed by atoms with Crippen molar-refractivity contribution in [3.8, 4) is 101 Å². The van der Waals surface area contributed by atoms with Crippen LogP contribution in [0, 0.1) is 20.7 Å². The normalized spacial score (nSPS) is 12.4. The van der Waals surface area contributed by atoms with Crippen LogP contribution >= 0.6 is 0 Å². The van der Waals surface area contributed by atoms with Gasteiger partial charge in [0.05, 0.1) is 28.0 Å². The lowest BCUT2D eigenvalue weighted by Gasteiger charge is -2.21. The van der Waals surface area contributed by atoms with Crippen LogP contribution in [0.25, 0.3) is 106 Å². The lowest BCUT2D eigenvalue weighted by Crippen LogP contribution is -2.10. The molecule has 0 aliphatic heterocycles. The average molecular weight is 921 g/mol. The molecule has 0 amide bonds. The van der Waals surface area contributed by atoms with Crippen LogP contribution in [0.2, 0.25) is 0 Å². The monoisotopic (exact) mass is 920 g/mol. The molecule has 0 spiro atoms. The van der Waals surface area contributed by atoms with Crippen molar-refractivity contribution in [3.05, 3.63) is 241 Å². The SMILES string of the molecule is [2H]C([2H])([2H])c1cc(-n2c(-c3cc(C)cc(C)c3O)nc3c(-c4cc(-c5ccccc5)cc(-c5cc(-c6ccc(-c7ccccc7)cc6)ccn5)c4)cccc32)c(-c2ccc(C(C)(C)C)cc2)cc1-c1ccccc1. The molecule has 1 N–H and O–H groups in total. The van der Waals surface area contributed by atoms with Gasteiger partial charge < -0.3 is 5.11 Å². The third kappa shape index (κ3) is 8.74. The molecule has 0 bridgehead atoms. The minimum atomic E-state index is -2.48. The molecular formula is C67H55N3O. The smallest absolute Gasteiger partial charge is 0.149 e. The van der Waals surface area contributed by atoms with Gasteiger partial charge in [-0.2, -0.15) is 0 Å². The van der Waals surface area contributed by atoms with E-state index in [1.165, 1.54) is 11.1 Å². The Balaban J connectivity index is 1.16. The van der Waals surface area contributed by atoms with Crippen molar-refractivity contribution in [2.45, 2.75) is 46.9 Å². The number of benzene rings is 9. The molecule has 2 heterocycles. The van der Waals surface area contributed by atoms with Crippen molar-refractivity contribution in [1.29, 1.82) is 0 Å². The molecule has 11 rings (SSSR count). The molecule has 4 nitrogen and oxygen atoms in total. The molecular weight excluding hydrogens is 863 g/mol. The van der Waals surface area contributed by atoms with Crippen LogP contribution in [0.1, 0.15) is 47.1 Å². The summed E-state index contributed by atoms with van der Waals surface area (Å²) < 4.78 is 29.1. The lowest BCUT2D eigenvalue weighted by atomic mass is 9.85. The van der Waals surface area contributed by atoms with Gasteiger partial charge >= 0.3 is 0 Å². The highest BCUT2D eigenvalue weighted by Crippen LogP contribution is 2.44. The molecule has 0 radical (unpaired) electrons. The summed E-state index contributed by atoms with van der Waals surface area (Å²) >= 11 is 0. The minimum absolute atomic E-state index is 0.0853. The Morgan fingerprint density at radius 1 is 0.451 bits per heavy atom. The number of fused-ring (bicyclic) bond motifs is 1. The summed E-state index contributed by atoms with van der Waals surface area (Å²) in [7, 11) is 0. The third-order valence-electron chi connectivity index (χ3n) is 13.6. The largest absolute Gasteiger partial charge is 0.507 e. The van der Waals surface area contributed by atoms with Gasteiger partial charge in [-0.3, -0.25) is 9.55 Å². The highest BCUT2D eigenvalue weighted by molar-refractivity contribution is 5.99. The molecule has 344 valence electrons. The lowest BCUT2D eigenvalue weighted by molar-refractivity contribution is 0.472. The van der Waals surface area contributed by atoms with Crippen LogP contribution in [-0.2, 0) is 5.41 Å². The minimum Gasteiger partial charge on any atom is -0.507 e. The Morgan fingerprint density at radius 2 is 1.03 bits per heavy atom. The quantitative estimate of drug-likeness (QED) is 0.157. The predicted molar refractivity (Wildman–Crippen MR) is 297 cm³/mol. The van der Waals surface area contributed by atoms with E-state index >= 15 is 0 Å². The summed E-state index contributed by atoms with van der Waals surface area (Å²) in [6.45, 7) is 8.01. The first kappa shape index (κ1) is 41.4. The number of aryl methyl sites for hydroxylation is 3. The number of rotatable bonds is 9. The number of hydrogen-bond donors (Lipinski definition) is 1. The van der Waals surface area contributed by atoms with Gasteiger partial charge in [-0.15, -0.1) is 0 Å². The molecule has 11 aromatic rings. The first-order chi connectivity index (χ1) is 35.7. The number of imidazole rings is 1. The first-order valence-corrected chi connectivity index (χ1v) is 24.2. The molecule has 0 aliphatic rings. The van der Waals surface area contributed by atoms with Crippen molar-refractivity contribution in [3.63, 3.8) is 0 Å². The van der Waals surface area contributed by atoms with E-state index in [0.717, 1.165) is 78.0 Å². The van der Waals surface area contributed by atoms with E-state index in [9.17, 15) is 5.11 Å². The van der Waals surface area contributed by atoms with Crippen molar-refractivity contribution in [2.24, 2.45) is 0 Å². The van der Waals surface area contributed by atoms with E-state index < -0.39 is 6.85 Å². The predicted octanol–water partition coefficient (Wildman–Crippen LogP) is 17.7. The van der Waals surface area contributed by atoms with Gasteiger partial charge in [0.2, 0.25) is 0 Å². The van der Waals surface area contributed by atoms with Crippen molar-refractivity contribution >= 4 is 11.0 Å². The van der Waals surface area contributed by atoms with Gasteiger partial charge in [0.25, 0.3) is 0 Å². The van der Waals surface area contributed by atoms with Gasteiger partial charge in [-0.25, -0.2) is 4.98 Å². The number of para-hydroxylation sites is 1. The maximum Gasteiger partial charge on any atom is 0.149 e. The number of phenolic OH excluding ortho intramolecular Hbond substituents is 1. The van der Waals surface area contributed by atoms with Crippen LogP contribution in [0.3, 0.4) is 0 Å². The van der Waals surface area contributed by atoms with Gasteiger partial charge in [0.1, 0.15) is 11.6 Å². The van der Waals surface area contributed by atoms with Gasteiger partial charge in [0.15, 0.2) is 0 Å². The van der Waals surface area contributed by atoms with Crippen molar-refractivity contribution in [2.75, 3.05) is 0 Å². The Hall–Kier alpha value is -8.60. The molecule has 0 atom stereocenters.